The molecular formula is C22H39N3O5S. The van der Waals surface area contributed by atoms with E-state index in [0.29, 0.717) is 38.6 Å². The maximum absolute atomic E-state index is 13.2. The van der Waals surface area contributed by atoms with Crippen LogP contribution < -0.4 is 4.72 Å². The Labute approximate surface area is 187 Å². The maximum Gasteiger partial charge on any atom is 0.229 e. The molecule has 0 bridgehead atoms. The van der Waals surface area contributed by atoms with Crippen LogP contribution in [0.4, 0.5) is 0 Å². The summed E-state index contributed by atoms with van der Waals surface area (Å²) in [5.74, 6) is 1.22. The molecule has 2 atom stereocenters. The van der Waals surface area contributed by atoms with Gasteiger partial charge in [0, 0.05) is 32.6 Å². The van der Waals surface area contributed by atoms with Gasteiger partial charge in [-0.15, -0.1) is 0 Å². The van der Waals surface area contributed by atoms with Crippen molar-refractivity contribution >= 4 is 21.8 Å². The third kappa shape index (κ3) is 6.42. The molecule has 0 radical (unpaired) electrons. The molecule has 1 saturated carbocycles. The summed E-state index contributed by atoms with van der Waals surface area (Å²) >= 11 is 0. The van der Waals surface area contributed by atoms with E-state index in [-0.39, 0.29) is 35.9 Å². The molecule has 3 fully saturated rings. The van der Waals surface area contributed by atoms with Gasteiger partial charge in [-0.3, -0.25) is 9.59 Å². The van der Waals surface area contributed by atoms with Crippen molar-refractivity contribution in [3.63, 3.8) is 0 Å². The number of hydrogen-bond donors (Lipinski definition) is 1. The van der Waals surface area contributed by atoms with E-state index in [4.69, 9.17) is 4.74 Å². The van der Waals surface area contributed by atoms with Crippen LogP contribution in [-0.2, 0) is 24.3 Å². The fraction of sp³-hybridized carbons (Fsp3) is 0.909. The summed E-state index contributed by atoms with van der Waals surface area (Å²) in [6.07, 6.45) is 7.12. The molecule has 3 rings (SSSR count). The monoisotopic (exact) mass is 457 g/mol. The topological polar surface area (TPSA) is 96.0 Å². The number of likely N-dealkylation sites (tertiary alicyclic amines) is 2. The number of nitrogens with one attached hydrogen (secondary N) is 1. The minimum atomic E-state index is -3.39. The second-order valence-corrected chi connectivity index (χ2v) is 11.8. The van der Waals surface area contributed by atoms with Crippen molar-refractivity contribution in [3.05, 3.63) is 0 Å². The first kappa shape index (κ1) is 24.5. The molecule has 0 spiro atoms. The van der Waals surface area contributed by atoms with Gasteiger partial charge < -0.3 is 14.5 Å². The molecule has 2 saturated heterocycles. The molecule has 1 aliphatic carbocycles. The Kier molecular flexibility index (Phi) is 8.02. The number of nitrogens with zero attached hydrogens (tertiary/aromatic N) is 2. The summed E-state index contributed by atoms with van der Waals surface area (Å²) in [6.45, 7) is 7.89. The molecule has 8 nitrogen and oxygen atoms in total. The van der Waals surface area contributed by atoms with Gasteiger partial charge in [0.2, 0.25) is 21.8 Å². The lowest BCUT2D eigenvalue weighted by molar-refractivity contribution is -0.152. The van der Waals surface area contributed by atoms with E-state index >= 15 is 0 Å². The summed E-state index contributed by atoms with van der Waals surface area (Å²) in [5, 5.41) is 0. The average Bonchev–Trinajstić information content (AvgIpc) is 2.64. The van der Waals surface area contributed by atoms with Gasteiger partial charge in [0.05, 0.1) is 30.9 Å². The summed E-state index contributed by atoms with van der Waals surface area (Å²) < 4.78 is 32.9. The molecular weight excluding hydrogens is 418 g/mol. The van der Waals surface area contributed by atoms with Crippen LogP contribution in [0.2, 0.25) is 0 Å². The number of piperidine rings is 1. The summed E-state index contributed by atoms with van der Waals surface area (Å²) in [6, 6.07) is -0.658. The van der Waals surface area contributed by atoms with E-state index in [1.54, 1.807) is 4.90 Å². The van der Waals surface area contributed by atoms with Gasteiger partial charge in [-0.05, 0) is 50.4 Å². The maximum atomic E-state index is 13.2. The van der Waals surface area contributed by atoms with Crippen LogP contribution in [-0.4, -0.2) is 80.7 Å². The van der Waals surface area contributed by atoms with Crippen LogP contribution in [0.15, 0.2) is 0 Å². The summed E-state index contributed by atoms with van der Waals surface area (Å²) in [4.78, 5) is 28.2. The average molecular weight is 458 g/mol. The molecule has 2 heterocycles. The lowest BCUT2D eigenvalue weighted by atomic mass is 9.80. The zero-order valence-corrected chi connectivity index (χ0v) is 20.2. The number of amides is 2. The molecule has 1 N–H and O–H groups in total. The predicted molar refractivity (Wildman–Crippen MR) is 119 cm³/mol. The van der Waals surface area contributed by atoms with Gasteiger partial charge >= 0.3 is 0 Å². The van der Waals surface area contributed by atoms with E-state index in [1.165, 1.54) is 6.92 Å². The van der Waals surface area contributed by atoms with E-state index in [0.717, 1.165) is 44.3 Å². The van der Waals surface area contributed by atoms with Crippen LogP contribution in [0.3, 0.4) is 0 Å². The molecule has 178 valence electrons. The van der Waals surface area contributed by atoms with Gasteiger partial charge in [0.15, 0.2) is 0 Å². The lowest BCUT2D eigenvalue weighted by Crippen LogP contribution is -2.63. The fourth-order valence-corrected chi connectivity index (χ4v) is 6.06. The molecule has 2 aliphatic heterocycles. The Balaban J connectivity index is 1.64. The van der Waals surface area contributed by atoms with Gasteiger partial charge in [-0.2, -0.15) is 0 Å². The number of ether oxygens (including phenoxy) is 1. The highest BCUT2D eigenvalue weighted by atomic mass is 32.2. The number of rotatable bonds is 7. The second kappa shape index (κ2) is 10.2. The van der Waals surface area contributed by atoms with Crippen molar-refractivity contribution in [2.45, 2.75) is 77.5 Å². The van der Waals surface area contributed by atoms with Crippen LogP contribution in [0, 0.1) is 17.8 Å². The van der Waals surface area contributed by atoms with Gasteiger partial charge in [0.1, 0.15) is 0 Å². The minimum Gasteiger partial charge on any atom is -0.376 e. The van der Waals surface area contributed by atoms with Crippen molar-refractivity contribution in [3.8, 4) is 0 Å². The zero-order valence-electron chi connectivity index (χ0n) is 19.4. The Morgan fingerprint density at radius 3 is 2.29 bits per heavy atom. The molecule has 0 unspecified atom stereocenters. The third-order valence-corrected chi connectivity index (χ3v) is 8.00. The van der Waals surface area contributed by atoms with Crippen molar-refractivity contribution in [2.75, 3.05) is 32.5 Å². The quantitative estimate of drug-likeness (QED) is 0.627. The van der Waals surface area contributed by atoms with Gasteiger partial charge in [-0.1, -0.05) is 13.8 Å². The van der Waals surface area contributed by atoms with Crippen molar-refractivity contribution in [2.24, 2.45) is 17.8 Å². The second-order valence-electron chi connectivity index (χ2n) is 9.97. The minimum absolute atomic E-state index is 0.00890. The smallest absolute Gasteiger partial charge is 0.229 e. The standard InChI is InChI=1S/C22H39N3O5S/c1-15(2)17-7-9-19(10-8-17)30-14-21-20(23-31(4,28)29)6-5-11-25(21)22(27)18-12-24(13-18)16(3)26/h15,17-21,23H,5-14H2,1-4H3/t17?,19?,20-,21-/m1/s1. The molecule has 0 aromatic carbocycles. The molecule has 2 amide bonds. The van der Waals surface area contributed by atoms with E-state index < -0.39 is 10.0 Å². The highest BCUT2D eigenvalue weighted by Gasteiger charge is 2.42. The normalized spacial score (nSPS) is 30.4. The molecule has 9 heteroatoms. The highest BCUT2D eigenvalue weighted by molar-refractivity contribution is 7.88. The highest BCUT2D eigenvalue weighted by Crippen LogP contribution is 2.32. The van der Waals surface area contributed by atoms with Crippen molar-refractivity contribution < 1.29 is 22.7 Å². The van der Waals surface area contributed by atoms with Crippen LogP contribution >= 0.6 is 0 Å². The first-order chi connectivity index (χ1) is 14.5. The van der Waals surface area contributed by atoms with Gasteiger partial charge in [0.25, 0.3) is 0 Å². The Bertz CT molecular complexity index is 742. The molecule has 0 aromatic heterocycles. The van der Waals surface area contributed by atoms with E-state index in [9.17, 15) is 18.0 Å². The first-order valence-corrected chi connectivity index (χ1v) is 13.6. The molecule has 3 aliphatic rings. The first-order valence-electron chi connectivity index (χ1n) is 11.7. The largest absolute Gasteiger partial charge is 0.376 e. The fourth-order valence-electron chi connectivity index (χ4n) is 5.23. The third-order valence-electron chi connectivity index (χ3n) is 7.27. The zero-order chi connectivity index (χ0) is 22.8. The summed E-state index contributed by atoms with van der Waals surface area (Å²) in [5.41, 5.74) is 0. The Hall–Kier alpha value is -1.19. The Morgan fingerprint density at radius 1 is 1.10 bits per heavy atom. The number of hydrogen-bond acceptors (Lipinski definition) is 5. The van der Waals surface area contributed by atoms with Crippen molar-refractivity contribution in [1.29, 1.82) is 0 Å². The predicted octanol–water partition coefficient (Wildman–Crippen LogP) is 1.60. The molecule has 31 heavy (non-hydrogen) atoms. The number of carbonyl (C=O) groups excluding carboxylic acids is 2. The van der Waals surface area contributed by atoms with E-state index in [2.05, 4.69) is 18.6 Å². The van der Waals surface area contributed by atoms with Crippen LogP contribution in [0.1, 0.15) is 59.3 Å². The molecule has 0 aromatic rings. The lowest BCUT2D eigenvalue weighted by Gasteiger charge is -2.46. The number of sulfonamides is 1. The van der Waals surface area contributed by atoms with Crippen molar-refractivity contribution in [1.82, 2.24) is 14.5 Å². The number of carbonyl (C=O) groups is 2. The van der Waals surface area contributed by atoms with E-state index in [1.807, 2.05) is 4.90 Å². The summed E-state index contributed by atoms with van der Waals surface area (Å²) in [7, 11) is -3.39. The van der Waals surface area contributed by atoms with Gasteiger partial charge in [-0.25, -0.2) is 13.1 Å². The SMILES string of the molecule is CC(=O)N1CC(C(=O)N2CCC[C@@H](NS(C)(=O)=O)[C@H]2COC2CCC(C(C)C)CC2)C1. The Morgan fingerprint density at radius 2 is 1.74 bits per heavy atom. The van der Waals surface area contributed by atoms with Crippen LogP contribution in [0.25, 0.3) is 0 Å². The van der Waals surface area contributed by atoms with Crippen LogP contribution in [0.5, 0.6) is 0 Å².